The lowest BCUT2D eigenvalue weighted by Crippen LogP contribution is -2.21. The number of benzene rings is 1. The molecule has 2 aromatic rings. The monoisotopic (exact) mass is 266 g/mol. The average Bonchev–Trinajstić information content (AvgIpc) is 2.80. The van der Waals surface area contributed by atoms with E-state index in [0.29, 0.717) is 18.5 Å². The van der Waals surface area contributed by atoms with Crippen molar-refractivity contribution in [1.82, 2.24) is 10.5 Å². The van der Waals surface area contributed by atoms with Crippen molar-refractivity contribution >= 4 is 0 Å². The van der Waals surface area contributed by atoms with Crippen LogP contribution in [0.5, 0.6) is 0 Å². The predicted octanol–water partition coefficient (Wildman–Crippen LogP) is 3.50. The van der Waals surface area contributed by atoms with Gasteiger partial charge in [0.1, 0.15) is 17.4 Å². The first-order valence-corrected chi connectivity index (χ1v) is 6.20. The van der Waals surface area contributed by atoms with Crippen LogP contribution in [-0.2, 0) is 6.54 Å². The highest BCUT2D eigenvalue weighted by Crippen LogP contribution is 2.21. The van der Waals surface area contributed by atoms with Gasteiger partial charge in [-0.3, -0.25) is 0 Å². The number of hydrogen-bond acceptors (Lipinski definition) is 3. The van der Waals surface area contributed by atoms with Crippen LogP contribution in [0, 0.1) is 18.6 Å². The van der Waals surface area contributed by atoms with E-state index in [0.717, 1.165) is 23.6 Å². The minimum atomic E-state index is -0.436. The fourth-order valence-corrected chi connectivity index (χ4v) is 1.98. The Morgan fingerprint density at radius 2 is 2.11 bits per heavy atom. The topological polar surface area (TPSA) is 38.1 Å². The zero-order valence-corrected chi connectivity index (χ0v) is 10.9. The molecular weight excluding hydrogens is 250 g/mol. The zero-order valence-electron chi connectivity index (χ0n) is 10.9. The smallest absolute Gasteiger partial charge is 0.133 e. The molecular formula is C14H16F2N2O. The van der Waals surface area contributed by atoms with Gasteiger partial charge in [-0.1, -0.05) is 12.1 Å². The molecule has 102 valence electrons. The summed E-state index contributed by atoms with van der Waals surface area (Å²) in [7, 11) is 0. The second-order valence-corrected chi connectivity index (χ2v) is 4.44. The molecule has 0 saturated carbocycles. The molecule has 0 saturated heterocycles. The largest absolute Gasteiger partial charge is 0.361 e. The molecule has 0 amide bonds. The maximum absolute atomic E-state index is 13.7. The maximum atomic E-state index is 13.7. The summed E-state index contributed by atoms with van der Waals surface area (Å²) in [5.74, 6) is -0.118. The van der Waals surface area contributed by atoms with Gasteiger partial charge in [-0.2, -0.15) is 0 Å². The summed E-state index contributed by atoms with van der Waals surface area (Å²) in [5.41, 5.74) is 1.08. The van der Waals surface area contributed by atoms with Crippen LogP contribution in [0.15, 0.2) is 28.8 Å². The minimum absolute atomic E-state index is 0.257. The predicted molar refractivity (Wildman–Crippen MR) is 67.5 cm³/mol. The molecule has 3 nitrogen and oxygen atoms in total. The van der Waals surface area contributed by atoms with Gasteiger partial charge in [-0.25, -0.2) is 8.78 Å². The zero-order chi connectivity index (χ0) is 13.8. The maximum Gasteiger partial charge on any atom is 0.133 e. The van der Waals surface area contributed by atoms with E-state index in [1.807, 2.05) is 13.0 Å². The number of aromatic nitrogens is 1. The fraction of sp³-hybridized carbons (Fsp3) is 0.357. The summed E-state index contributed by atoms with van der Waals surface area (Å²) < 4.78 is 31.8. The molecule has 0 fully saturated rings. The molecule has 0 unspecified atom stereocenters. The fourth-order valence-electron chi connectivity index (χ4n) is 1.98. The van der Waals surface area contributed by atoms with E-state index >= 15 is 0 Å². The van der Waals surface area contributed by atoms with Crippen molar-refractivity contribution in [3.63, 3.8) is 0 Å². The first-order chi connectivity index (χ1) is 9.10. The lowest BCUT2D eigenvalue weighted by Gasteiger charge is -2.17. The number of halogens is 2. The Labute approximate surface area is 110 Å². The molecule has 19 heavy (non-hydrogen) atoms. The van der Waals surface area contributed by atoms with Crippen molar-refractivity contribution in [1.29, 1.82) is 0 Å². The standard InChI is InChI=1S/C14H16F2N2O/c1-3-14(12-7-10(15)4-5-13(12)16)17-8-11-6-9(2)19-18-11/h4-7,14,17H,3,8H2,1-2H3/t14-/m1/s1. The number of aryl methyl sites for hydroxylation is 1. The van der Waals surface area contributed by atoms with Crippen molar-refractivity contribution in [3.8, 4) is 0 Å². The van der Waals surface area contributed by atoms with Gasteiger partial charge < -0.3 is 9.84 Å². The van der Waals surface area contributed by atoms with E-state index in [4.69, 9.17) is 4.52 Å². The van der Waals surface area contributed by atoms with Crippen LogP contribution in [0.25, 0.3) is 0 Å². The molecule has 5 heteroatoms. The van der Waals surface area contributed by atoms with Crippen molar-refractivity contribution in [2.24, 2.45) is 0 Å². The second-order valence-electron chi connectivity index (χ2n) is 4.44. The van der Waals surface area contributed by atoms with Crippen LogP contribution in [0.2, 0.25) is 0 Å². The number of nitrogens with zero attached hydrogens (tertiary/aromatic N) is 1. The Balaban J connectivity index is 2.09. The van der Waals surface area contributed by atoms with Crippen LogP contribution in [-0.4, -0.2) is 5.16 Å². The van der Waals surface area contributed by atoms with Gasteiger partial charge >= 0.3 is 0 Å². The van der Waals surface area contributed by atoms with Gasteiger partial charge in [0.2, 0.25) is 0 Å². The molecule has 0 radical (unpaired) electrons. The van der Waals surface area contributed by atoms with Crippen LogP contribution in [0.1, 0.15) is 36.4 Å². The summed E-state index contributed by atoms with van der Waals surface area (Å²) >= 11 is 0. The van der Waals surface area contributed by atoms with Crippen LogP contribution >= 0.6 is 0 Å². The Morgan fingerprint density at radius 1 is 1.32 bits per heavy atom. The molecule has 0 aliphatic rings. The van der Waals surface area contributed by atoms with E-state index in [-0.39, 0.29) is 6.04 Å². The Hall–Kier alpha value is -1.75. The van der Waals surface area contributed by atoms with E-state index in [1.54, 1.807) is 6.92 Å². The number of nitrogens with one attached hydrogen (secondary N) is 1. The SMILES string of the molecule is CC[C@@H](NCc1cc(C)on1)c1cc(F)ccc1F. The Kier molecular flexibility index (Phi) is 4.27. The third kappa shape index (κ3) is 3.38. The van der Waals surface area contributed by atoms with Crippen molar-refractivity contribution in [3.05, 3.63) is 52.9 Å². The summed E-state index contributed by atoms with van der Waals surface area (Å²) in [6.07, 6.45) is 0.650. The number of rotatable bonds is 5. The first-order valence-electron chi connectivity index (χ1n) is 6.20. The summed E-state index contributed by atoms with van der Waals surface area (Å²) in [6, 6.07) is 5.04. The summed E-state index contributed by atoms with van der Waals surface area (Å²) in [6.45, 7) is 4.17. The molecule has 0 spiro atoms. The quantitative estimate of drug-likeness (QED) is 0.900. The second kappa shape index (κ2) is 5.93. The molecule has 0 bridgehead atoms. The molecule has 2 rings (SSSR count). The van der Waals surface area contributed by atoms with Crippen LogP contribution in [0.4, 0.5) is 8.78 Å². The van der Waals surface area contributed by atoms with Crippen molar-refractivity contribution in [2.45, 2.75) is 32.9 Å². The summed E-state index contributed by atoms with van der Waals surface area (Å²) in [4.78, 5) is 0. The summed E-state index contributed by atoms with van der Waals surface area (Å²) in [5, 5.41) is 7.00. The van der Waals surface area contributed by atoms with Crippen LogP contribution < -0.4 is 5.32 Å². The molecule has 1 N–H and O–H groups in total. The molecule has 1 atom stereocenters. The highest BCUT2D eigenvalue weighted by Gasteiger charge is 2.15. The van der Waals surface area contributed by atoms with Gasteiger partial charge in [0, 0.05) is 24.2 Å². The van der Waals surface area contributed by atoms with Gasteiger partial charge in [0.15, 0.2) is 0 Å². The molecule has 0 aliphatic heterocycles. The molecule has 0 aliphatic carbocycles. The normalized spacial score (nSPS) is 12.6. The van der Waals surface area contributed by atoms with E-state index < -0.39 is 11.6 Å². The van der Waals surface area contributed by atoms with Gasteiger partial charge in [-0.15, -0.1) is 0 Å². The molecule has 1 aromatic heterocycles. The molecule has 1 aromatic carbocycles. The van der Waals surface area contributed by atoms with Crippen molar-refractivity contribution < 1.29 is 13.3 Å². The Morgan fingerprint density at radius 3 is 2.74 bits per heavy atom. The minimum Gasteiger partial charge on any atom is -0.361 e. The number of hydrogen-bond donors (Lipinski definition) is 1. The third-order valence-corrected chi connectivity index (χ3v) is 2.95. The van der Waals surface area contributed by atoms with E-state index in [1.165, 1.54) is 6.07 Å². The first kappa shape index (κ1) is 13.7. The van der Waals surface area contributed by atoms with Crippen molar-refractivity contribution in [2.75, 3.05) is 0 Å². The average molecular weight is 266 g/mol. The van der Waals surface area contributed by atoms with E-state index in [2.05, 4.69) is 10.5 Å². The highest BCUT2D eigenvalue weighted by molar-refractivity contribution is 5.22. The Bertz CT molecular complexity index is 554. The third-order valence-electron chi connectivity index (χ3n) is 2.95. The lowest BCUT2D eigenvalue weighted by molar-refractivity contribution is 0.384. The van der Waals surface area contributed by atoms with Gasteiger partial charge in [0.05, 0.1) is 5.69 Å². The van der Waals surface area contributed by atoms with Crippen LogP contribution in [0.3, 0.4) is 0 Å². The highest BCUT2D eigenvalue weighted by atomic mass is 19.1. The lowest BCUT2D eigenvalue weighted by atomic mass is 10.0. The van der Waals surface area contributed by atoms with Gasteiger partial charge in [0.25, 0.3) is 0 Å². The molecule has 1 heterocycles. The van der Waals surface area contributed by atoms with Gasteiger partial charge in [-0.05, 0) is 31.5 Å². The van der Waals surface area contributed by atoms with E-state index in [9.17, 15) is 8.78 Å².